The Labute approximate surface area is 276 Å². The Hall–Kier alpha value is -0.950. The SMILES string of the molecule is CN[C@@](C)(CO[C@H]1[C@H](OC)C[C@]2(COC)C3=CC[C@@]4(C)[C@H](C(=O)O)[C@@](C)([C@H](C)C(C)C)CC[C@]4(C)[C@H]3CC[C@H]2C1(C)C)C(C)C. The zero-order valence-corrected chi connectivity index (χ0v) is 31.4. The highest BCUT2D eigenvalue weighted by Gasteiger charge is 2.70. The van der Waals surface area contributed by atoms with Crippen LogP contribution in [0.15, 0.2) is 11.6 Å². The van der Waals surface area contributed by atoms with Gasteiger partial charge in [-0.25, -0.2) is 0 Å². The topological polar surface area (TPSA) is 77.0 Å². The Morgan fingerprint density at radius 1 is 1.04 bits per heavy atom. The van der Waals surface area contributed by atoms with Crippen molar-refractivity contribution in [2.75, 3.05) is 34.5 Å². The van der Waals surface area contributed by atoms with Gasteiger partial charge < -0.3 is 24.6 Å². The summed E-state index contributed by atoms with van der Waals surface area (Å²) >= 11 is 0. The standard InChI is InChI=1S/C39H69NO5/c1-24(2)26(5)35(8)19-20-36(9)27-15-16-30-34(6,7)32(45-22-38(11,40-12)25(3)4)29(44-14)21-39(30,23-43-13)28(27)17-18-37(36,10)31(35)33(41)42/h17,24-27,29-32,40H,15-16,18-23H2,1-14H3,(H,41,42)/t26-,27+,29-,30+,31-,32+,35-,36-,37+,38+,39+/m1/s1. The molecule has 0 amide bonds. The Kier molecular flexibility index (Phi) is 10.2. The van der Waals surface area contributed by atoms with Gasteiger partial charge in [0.1, 0.15) is 0 Å². The summed E-state index contributed by atoms with van der Waals surface area (Å²) in [4.78, 5) is 13.4. The van der Waals surface area contributed by atoms with Crippen molar-refractivity contribution in [1.29, 1.82) is 0 Å². The Morgan fingerprint density at radius 2 is 1.69 bits per heavy atom. The monoisotopic (exact) mass is 632 g/mol. The van der Waals surface area contributed by atoms with Crippen molar-refractivity contribution in [3.63, 3.8) is 0 Å². The molecule has 11 atom stereocenters. The fourth-order valence-corrected chi connectivity index (χ4v) is 11.7. The van der Waals surface area contributed by atoms with Crippen molar-refractivity contribution in [3.05, 3.63) is 11.6 Å². The van der Waals surface area contributed by atoms with E-state index in [1.54, 1.807) is 0 Å². The van der Waals surface area contributed by atoms with E-state index < -0.39 is 5.97 Å². The maximum Gasteiger partial charge on any atom is 0.307 e. The van der Waals surface area contributed by atoms with E-state index >= 15 is 0 Å². The van der Waals surface area contributed by atoms with Crippen LogP contribution < -0.4 is 5.32 Å². The highest BCUT2D eigenvalue weighted by atomic mass is 16.5. The van der Waals surface area contributed by atoms with Gasteiger partial charge in [0.05, 0.1) is 31.3 Å². The highest BCUT2D eigenvalue weighted by Crippen LogP contribution is 2.74. The molecule has 2 N–H and O–H groups in total. The minimum atomic E-state index is -0.608. The number of ether oxygens (including phenoxy) is 3. The first-order valence-electron chi connectivity index (χ1n) is 18.0. The van der Waals surface area contributed by atoms with Crippen LogP contribution in [-0.4, -0.2) is 63.3 Å². The van der Waals surface area contributed by atoms with Gasteiger partial charge in [-0.2, -0.15) is 0 Å². The van der Waals surface area contributed by atoms with Crippen LogP contribution in [0.5, 0.6) is 0 Å². The van der Waals surface area contributed by atoms with E-state index in [2.05, 4.69) is 87.6 Å². The fourth-order valence-electron chi connectivity index (χ4n) is 11.7. The lowest BCUT2D eigenvalue weighted by Gasteiger charge is -2.70. The number of methoxy groups -OCH3 is 2. The molecule has 0 aromatic rings. The number of rotatable bonds is 11. The summed E-state index contributed by atoms with van der Waals surface area (Å²) in [6.45, 7) is 26.7. The minimum Gasteiger partial charge on any atom is -0.481 e. The molecule has 4 aliphatic rings. The molecule has 45 heavy (non-hydrogen) atoms. The summed E-state index contributed by atoms with van der Waals surface area (Å²) in [6, 6.07) is 0. The number of fused-ring (bicyclic) bond motifs is 5. The number of likely N-dealkylation sites (N-methyl/N-ethyl adjacent to an activating group) is 1. The van der Waals surface area contributed by atoms with Crippen LogP contribution in [0.4, 0.5) is 0 Å². The van der Waals surface area contributed by atoms with Crippen LogP contribution in [0.25, 0.3) is 0 Å². The van der Waals surface area contributed by atoms with Crippen molar-refractivity contribution in [3.8, 4) is 0 Å². The summed E-state index contributed by atoms with van der Waals surface area (Å²) in [5.74, 6) is 0.922. The molecule has 0 radical (unpaired) electrons. The van der Waals surface area contributed by atoms with E-state index in [0.29, 0.717) is 42.8 Å². The van der Waals surface area contributed by atoms with Crippen molar-refractivity contribution in [1.82, 2.24) is 5.32 Å². The Balaban J connectivity index is 1.79. The first-order chi connectivity index (χ1) is 20.8. The van der Waals surface area contributed by atoms with Gasteiger partial charge in [0.15, 0.2) is 0 Å². The van der Waals surface area contributed by atoms with Crippen LogP contribution in [0.3, 0.4) is 0 Å². The molecule has 0 unspecified atom stereocenters. The van der Waals surface area contributed by atoms with Crippen LogP contribution in [0, 0.1) is 62.6 Å². The first kappa shape index (κ1) is 36.9. The maximum absolute atomic E-state index is 13.4. The lowest BCUT2D eigenvalue weighted by molar-refractivity contribution is -0.225. The maximum atomic E-state index is 13.4. The molecule has 0 aromatic carbocycles. The molecule has 0 saturated heterocycles. The third kappa shape index (κ3) is 5.39. The summed E-state index contributed by atoms with van der Waals surface area (Å²) in [7, 11) is 5.73. The second kappa shape index (κ2) is 12.5. The van der Waals surface area contributed by atoms with Crippen molar-refractivity contribution < 1.29 is 24.1 Å². The van der Waals surface area contributed by atoms with Crippen LogP contribution in [-0.2, 0) is 19.0 Å². The predicted molar refractivity (Wildman–Crippen MR) is 183 cm³/mol. The predicted octanol–water partition coefficient (Wildman–Crippen LogP) is 8.25. The van der Waals surface area contributed by atoms with Gasteiger partial charge in [-0.15, -0.1) is 0 Å². The van der Waals surface area contributed by atoms with Crippen LogP contribution in [0.1, 0.15) is 115 Å². The number of nitrogens with one attached hydrogen (secondary N) is 1. The van der Waals surface area contributed by atoms with E-state index in [0.717, 1.165) is 38.5 Å². The fraction of sp³-hybridized carbons (Fsp3) is 0.923. The molecule has 6 heteroatoms. The van der Waals surface area contributed by atoms with Crippen LogP contribution >= 0.6 is 0 Å². The van der Waals surface area contributed by atoms with Gasteiger partial charge in [-0.1, -0.05) is 80.9 Å². The highest BCUT2D eigenvalue weighted by molar-refractivity contribution is 5.73. The molecular formula is C39H69NO5. The van der Waals surface area contributed by atoms with Crippen molar-refractivity contribution in [2.45, 2.75) is 132 Å². The normalized spacial score (nSPS) is 43.1. The molecule has 0 bridgehead atoms. The zero-order chi connectivity index (χ0) is 34.0. The number of hydrogen-bond acceptors (Lipinski definition) is 5. The largest absolute Gasteiger partial charge is 0.481 e. The van der Waals surface area contributed by atoms with Gasteiger partial charge >= 0.3 is 5.97 Å². The second-order valence-electron chi connectivity index (χ2n) is 18.1. The Bertz CT molecular complexity index is 1120. The molecule has 0 aliphatic heterocycles. The molecular weight excluding hydrogens is 562 g/mol. The zero-order valence-electron chi connectivity index (χ0n) is 31.4. The number of carboxylic acid groups (broad SMARTS) is 1. The van der Waals surface area contributed by atoms with Gasteiger partial charge in [0.25, 0.3) is 0 Å². The molecule has 0 spiro atoms. The van der Waals surface area contributed by atoms with E-state index in [9.17, 15) is 9.90 Å². The quantitative estimate of drug-likeness (QED) is 0.224. The van der Waals surface area contributed by atoms with Crippen molar-refractivity contribution in [2.24, 2.45) is 62.6 Å². The minimum absolute atomic E-state index is 0.0326. The average molecular weight is 632 g/mol. The molecule has 4 aliphatic carbocycles. The van der Waals surface area contributed by atoms with E-state index in [1.807, 2.05) is 21.3 Å². The van der Waals surface area contributed by atoms with Gasteiger partial charge in [-0.05, 0) is 104 Å². The summed E-state index contributed by atoms with van der Waals surface area (Å²) in [5, 5.41) is 14.5. The lowest BCUT2D eigenvalue weighted by atomic mass is 9.34. The van der Waals surface area contributed by atoms with Gasteiger partial charge in [-0.3, -0.25) is 4.79 Å². The number of allylic oxidation sites excluding steroid dienone is 1. The molecule has 3 fully saturated rings. The van der Waals surface area contributed by atoms with E-state index in [-0.39, 0.29) is 50.7 Å². The molecule has 0 heterocycles. The smallest absolute Gasteiger partial charge is 0.307 e. The Morgan fingerprint density at radius 3 is 2.20 bits per heavy atom. The number of hydrogen-bond donors (Lipinski definition) is 2. The summed E-state index contributed by atoms with van der Waals surface area (Å²) in [6.07, 6.45) is 8.30. The second-order valence-corrected chi connectivity index (χ2v) is 18.1. The first-order valence-corrected chi connectivity index (χ1v) is 18.0. The third-order valence-electron chi connectivity index (χ3n) is 15.6. The van der Waals surface area contributed by atoms with Crippen LogP contribution in [0.2, 0.25) is 0 Å². The average Bonchev–Trinajstić information content (AvgIpc) is 2.96. The molecule has 0 aromatic heterocycles. The number of carboxylic acids is 1. The number of aliphatic carboxylic acids is 1. The molecule has 3 saturated carbocycles. The van der Waals surface area contributed by atoms with E-state index in [4.69, 9.17) is 14.2 Å². The van der Waals surface area contributed by atoms with E-state index in [1.165, 1.54) is 5.57 Å². The van der Waals surface area contributed by atoms with Crippen molar-refractivity contribution >= 4 is 5.97 Å². The lowest BCUT2D eigenvalue weighted by Crippen LogP contribution is -2.67. The number of carbonyl (C=O) groups is 1. The van der Waals surface area contributed by atoms with Gasteiger partial charge in [0.2, 0.25) is 0 Å². The summed E-state index contributed by atoms with van der Waals surface area (Å²) in [5.41, 5.74) is 0.432. The molecule has 260 valence electrons. The molecule has 6 nitrogen and oxygen atoms in total. The molecule has 4 rings (SSSR count). The third-order valence-corrected chi connectivity index (χ3v) is 15.6. The van der Waals surface area contributed by atoms with Gasteiger partial charge in [0, 0.05) is 25.2 Å². The summed E-state index contributed by atoms with van der Waals surface area (Å²) < 4.78 is 19.5.